The SMILES string of the molecule is Cc1cc(Cl)ccc1NC(=S)N1CC2CCCCC2C1. The summed E-state index contributed by atoms with van der Waals surface area (Å²) >= 11 is 11.6. The van der Waals surface area contributed by atoms with E-state index in [0.29, 0.717) is 0 Å². The van der Waals surface area contributed by atoms with E-state index in [4.69, 9.17) is 23.8 Å². The van der Waals surface area contributed by atoms with Gasteiger partial charge in [0.1, 0.15) is 0 Å². The fourth-order valence-electron chi connectivity index (χ4n) is 3.53. The molecule has 2 atom stereocenters. The van der Waals surface area contributed by atoms with E-state index in [1.165, 1.54) is 25.7 Å². The normalized spacial score (nSPS) is 25.4. The summed E-state index contributed by atoms with van der Waals surface area (Å²) < 4.78 is 0. The molecule has 108 valence electrons. The number of hydrogen-bond donors (Lipinski definition) is 1. The summed E-state index contributed by atoms with van der Waals surface area (Å²) in [6, 6.07) is 5.88. The van der Waals surface area contributed by atoms with Crippen molar-refractivity contribution in [1.82, 2.24) is 4.90 Å². The van der Waals surface area contributed by atoms with Crippen LogP contribution in [0, 0.1) is 18.8 Å². The van der Waals surface area contributed by atoms with Crippen LogP contribution in [0.4, 0.5) is 5.69 Å². The van der Waals surface area contributed by atoms with Crippen molar-refractivity contribution in [3.8, 4) is 0 Å². The molecule has 0 aromatic heterocycles. The van der Waals surface area contributed by atoms with Gasteiger partial charge in [-0.05, 0) is 67.6 Å². The summed E-state index contributed by atoms with van der Waals surface area (Å²) in [5.74, 6) is 1.71. The van der Waals surface area contributed by atoms with Crippen LogP contribution in [0.15, 0.2) is 18.2 Å². The lowest BCUT2D eigenvalue weighted by Crippen LogP contribution is -2.33. The van der Waals surface area contributed by atoms with Gasteiger partial charge in [0.15, 0.2) is 5.11 Å². The Bertz CT molecular complexity index is 503. The first-order valence-corrected chi connectivity index (χ1v) is 8.24. The van der Waals surface area contributed by atoms with Crippen molar-refractivity contribution in [2.45, 2.75) is 32.6 Å². The molecular weight excluding hydrogens is 288 g/mol. The quantitative estimate of drug-likeness (QED) is 0.771. The molecule has 0 radical (unpaired) electrons. The van der Waals surface area contributed by atoms with Gasteiger partial charge in [-0.15, -0.1) is 0 Å². The molecule has 1 N–H and O–H groups in total. The summed E-state index contributed by atoms with van der Waals surface area (Å²) in [6.45, 7) is 4.31. The molecule has 0 bridgehead atoms. The van der Waals surface area contributed by atoms with Gasteiger partial charge in [-0.25, -0.2) is 0 Å². The minimum absolute atomic E-state index is 0.770. The highest BCUT2D eigenvalue weighted by atomic mass is 35.5. The molecule has 2 aliphatic rings. The maximum Gasteiger partial charge on any atom is 0.173 e. The minimum atomic E-state index is 0.770. The molecular formula is C16H21ClN2S. The predicted octanol–water partition coefficient (Wildman–Crippen LogP) is 4.47. The Hall–Kier alpha value is -0.800. The molecule has 1 heterocycles. The Labute approximate surface area is 131 Å². The fourth-order valence-corrected chi connectivity index (χ4v) is 4.02. The van der Waals surface area contributed by atoms with Gasteiger partial charge in [0.25, 0.3) is 0 Å². The molecule has 1 aliphatic carbocycles. The van der Waals surface area contributed by atoms with Crippen molar-refractivity contribution in [1.29, 1.82) is 0 Å². The molecule has 1 saturated heterocycles. The average Bonchev–Trinajstić information content (AvgIpc) is 2.86. The second kappa shape index (κ2) is 5.90. The number of benzene rings is 1. The van der Waals surface area contributed by atoms with E-state index in [-0.39, 0.29) is 0 Å². The van der Waals surface area contributed by atoms with E-state index in [2.05, 4.69) is 17.1 Å². The highest BCUT2D eigenvalue weighted by molar-refractivity contribution is 7.80. The average molecular weight is 309 g/mol. The van der Waals surface area contributed by atoms with Crippen LogP contribution < -0.4 is 5.32 Å². The molecule has 20 heavy (non-hydrogen) atoms. The number of aryl methyl sites for hydroxylation is 1. The van der Waals surface area contributed by atoms with Crippen LogP contribution in [-0.2, 0) is 0 Å². The second-order valence-corrected chi connectivity index (χ2v) is 6.92. The Morgan fingerprint density at radius 3 is 2.50 bits per heavy atom. The topological polar surface area (TPSA) is 15.3 Å². The lowest BCUT2D eigenvalue weighted by molar-refractivity contribution is 0.299. The van der Waals surface area contributed by atoms with Gasteiger partial charge in [-0.3, -0.25) is 0 Å². The molecule has 1 aliphatic heterocycles. The lowest BCUT2D eigenvalue weighted by Gasteiger charge is -2.22. The summed E-state index contributed by atoms with van der Waals surface area (Å²) in [4.78, 5) is 2.35. The third kappa shape index (κ3) is 2.94. The molecule has 2 unspecified atom stereocenters. The molecule has 1 aromatic carbocycles. The molecule has 1 saturated carbocycles. The van der Waals surface area contributed by atoms with Crippen molar-refractivity contribution < 1.29 is 0 Å². The highest BCUT2D eigenvalue weighted by Crippen LogP contribution is 2.36. The number of nitrogens with zero attached hydrogens (tertiary/aromatic N) is 1. The number of anilines is 1. The molecule has 4 heteroatoms. The van der Waals surface area contributed by atoms with E-state index in [9.17, 15) is 0 Å². The Balaban J connectivity index is 1.65. The van der Waals surface area contributed by atoms with Crippen LogP contribution in [0.3, 0.4) is 0 Å². The molecule has 3 rings (SSSR count). The second-order valence-electron chi connectivity index (χ2n) is 6.10. The molecule has 0 spiro atoms. The summed E-state index contributed by atoms with van der Waals surface area (Å²) in [7, 11) is 0. The van der Waals surface area contributed by atoms with Crippen LogP contribution in [0.1, 0.15) is 31.2 Å². The minimum Gasteiger partial charge on any atom is -0.348 e. The van der Waals surface area contributed by atoms with Gasteiger partial charge in [-0.1, -0.05) is 24.4 Å². The molecule has 0 amide bonds. The van der Waals surface area contributed by atoms with Gasteiger partial charge in [0, 0.05) is 23.8 Å². The van der Waals surface area contributed by atoms with Crippen LogP contribution in [-0.4, -0.2) is 23.1 Å². The first-order chi connectivity index (χ1) is 9.63. The molecule has 2 nitrogen and oxygen atoms in total. The number of likely N-dealkylation sites (tertiary alicyclic amines) is 1. The van der Waals surface area contributed by atoms with Gasteiger partial charge in [0.05, 0.1) is 0 Å². The van der Waals surface area contributed by atoms with Gasteiger partial charge >= 0.3 is 0 Å². The maximum atomic E-state index is 5.99. The Kier molecular flexibility index (Phi) is 4.18. The van der Waals surface area contributed by atoms with E-state index >= 15 is 0 Å². The number of nitrogens with one attached hydrogen (secondary N) is 1. The number of halogens is 1. The van der Waals surface area contributed by atoms with Crippen molar-refractivity contribution >= 4 is 34.6 Å². The number of fused-ring (bicyclic) bond motifs is 1. The highest BCUT2D eigenvalue weighted by Gasteiger charge is 2.35. The number of thiocarbonyl (C=S) groups is 1. The van der Waals surface area contributed by atoms with Crippen molar-refractivity contribution in [3.63, 3.8) is 0 Å². The van der Waals surface area contributed by atoms with Crippen LogP contribution >= 0.6 is 23.8 Å². The van der Waals surface area contributed by atoms with Crippen LogP contribution in [0.2, 0.25) is 5.02 Å². The van der Waals surface area contributed by atoms with Gasteiger partial charge in [0.2, 0.25) is 0 Å². The van der Waals surface area contributed by atoms with E-state index in [1.807, 2.05) is 18.2 Å². The smallest absolute Gasteiger partial charge is 0.173 e. The largest absolute Gasteiger partial charge is 0.348 e. The van der Waals surface area contributed by atoms with Gasteiger partial charge < -0.3 is 10.2 Å². The summed E-state index contributed by atoms with van der Waals surface area (Å²) in [5, 5.41) is 5.02. The fraction of sp³-hybridized carbons (Fsp3) is 0.562. The third-order valence-corrected chi connectivity index (χ3v) is 5.29. The molecule has 1 aromatic rings. The Morgan fingerprint density at radius 2 is 1.90 bits per heavy atom. The first kappa shape index (κ1) is 14.2. The standard InChI is InChI=1S/C16H21ClN2S/c1-11-8-14(17)6-7-15(11)18-16(20)19-9-12-4-2-3-5-13(12)10-19/h6-8,12-13H,2-5,9-10H2,1H3,(H,18,20). The number of hydrogen-bond acceptors (Lipinski definition) is 1. The Morgan fingerprint density at radius 1 is 1.25 bits per heavy atom. The van der Waals surface area contributed by atoms with E-state index in [0.717, 1.165) is 46.3 Å². The van der Waals surface area contributed by atoms with Crippen LogP contribution in [0.5, 0.6) is 0 Å². The van der Waals surface area contributed by atoms with E-state index < -0.39 is 0 Å². The van der Waals surface area contributed by atoms with E-state index in [1.54, 1.807) is 0 Å². The lowest BCUT2D eigenvalue weighted by atomic mass is 9.82. The monoisotopic (exact) mass is 308 g/mol. The number of rotatable bonds is 1. The zero-order chi connectivity index (χ0) is 14.1. The molecule has 2 fully saturated rings. The van der Waals surface area contributed by atoms with Crippen molar-refractivity contribution in [2.24, 2.45) is 11.8 Å². The zero-order valence-electron chi connectivity index (χ0n) is 11.9. The van der Waals surface area contributed by atoms with Crippen molar-refractivity contribution in [3.05, 3.63) is 28.8 Å². The maximum absolute atomic E-state index is 5.99. The first-order valence-electron chi connectivity index (χ1n) is 7.45. The van der Waals surface area contributed by atoms with Crippen molar-refractivity contribution in [2.75, 3.05) is 18.4 Å². The summed E-state index contributed by atoms with van der Waals surface area (Å²) in [6.07, 6.45) is 5.55. The van der Waals surface area contributed by atoms with Crippen LogP contribution in [0.25, 0.3) is 0 Å². The predicted molar refractivity (Wildman–Crippen MR) is 89.4 cm³/mol. The third-order valence-electron chi connectivity index (χ3n) is 4.69. The van der Waals surface area contributed by atoms with Gasteiger partial charge in [-0.2, -0.15) is 0 Å². The zero-order valence-corrected chi connectivity index (χ0v) is 13.4. The summed E-state index contributed by atoms with van der Waals surface area (Å²) in [5.41, 5.74) is 2.20.